The van der Waals surface area contributed by atoms with E-state index in [0.29, 0.717) is 6.42 Å². The van der Waals surface area contributed by atoms with E-state index in [1.807, 2.05) is 31.2 Å². The highest BCUT2D eigenvalue weighted by atomic mass is 16.5. The molecule has 0 bridgehead atoms. The zero-order chi connectivity index (χ0) is 22.0. The zero-order valence-electron chi connectivity index (χ0n) is 18.4. The first kappa shape index (κ1) is 21.1. The summed E-state index contributed by atoms with van der Waals surface area (Å²) in [6.07, 6.45) is 3.57. The van der Waals surface area contributed by atoms with E-state index in [9.17, 15) is 9.59 Å². The van der Waals surface area contributed by atoms with Gasteiger partial charge in [0.15, 0.2) is 0 Å². The number of benzene rings is 2. The second kappa shape index (κ2) is 8.92. The first-order valence-electron chi connectivity index (χ1n) is 10.8. The maximum absolute atomic E-state index is 13.2. The lowest BCUT2D eigenvalue weighted by atomic mass is 9.84. The van der Waals surface area contributed by atoms with E-state index in [0.717, 1.165) is 41.9 Å². The van der Waals surface area contributed by atoms with Gasteiger partial charge in [0.1, 0.15) is 12.3 Å². The molecule has 2 aliphatic rings. The normalized spacial score (nSPS) is 18.4. The van der Waals surface area contributed by atoms with Crippen LogP contribution in [0.3, 0.4) is 0 Å². The number of ether oxygens (including phenoxy) is 1. The first-order valence-corrected chi connectivity index (χ1v) is 10.8. The minimum Gasteiger partial charge on any atom is -0.497 e. The molecule has 2 aromatic rings. The minimum atomic E-state index is -0.183. The van der Waals surface area contributed by atoms with Gasteiger partial charge in [0, 0.05) is 19.4 Å². The van der Waals surface area contributed by atoms with Crippen molar-refractivity contribution in [2.24, 2.45) is 11.0 Å². The maximum Gasteiger partial charge on any atom is 0.262 e. The number of hydrogen-bond donors (Lipinski definition) is 0. The van der Waals surface area contributed by atoms with Crippen LogP contribution in [0.5, 0.6) is 5.75 Å². The highest BCUT2D eigenvalue weighted by Gasteiger charge is 2.35. The number of carbonyl (C=O) groups is 2. The molecule has 1 aliphatic heterocycles. The molecule has 1 fully saturated rings. The van der Waals surface area contributed by atoms with Crippen LogP contribution in [0.25, 0.3) is 0 Å². The smallest absolute Gasteiger partial charge is 0.262 e. The van der Waals surface area contributed by atoms with Crippen molar-refractivity contribution in [2.45, 2.75) is 38.6 Å². The van der Waals surface area contributed by atoms with Gasteiger partial charge < -0.3 is 9.64 Å². The van der Waals surface area contributed by atoms with Gasteiger partial charge in [0.05, 0.1) is 18.9 Å². The van der Waals surface area contributed by atoms with Gasteiger partial charge in [-0.05, 0) is 55.2 Å². The summed E-state index contributed by atoms with van der Waals surface area (Å²) >= 11 is 0. The Morgan fingerprint density at radius 3 is 2.35 bits per heavy atom. The number of methoxy groups -OCH3 is 1. The van der Waals surface area contributed by atoms with Crippen molar-refractivity contribution >= 4 is 17.5 Å². The largest absolute Gasteiger partial charge is 0.497 e. The zero-order valence-corrected chi connectivity index (χ0v) is 18.4. The average Bonchev–Trinajstić information content (AvgIpc) is 3.18. The molecule has 31 heavy (non-hydrogen) atoms. The van der Waals surface area contributed by atoms with Crippen molar-refractivity contribution in [3.05, 3.63) is 65.2 Å². The Morgan fingerprint density at radius 1 is 1.10 bits per heavy atom. The number of hydrogen-bond acceptors (Lipinski definition) is 4. The molecule has 6 heteroatoms. The molecule has 6 nitrogen and oxygen atoms in total. The third-order valence-corrected chi connectivity index (χ3v) is 6.25. The van der Waals surface area contributed by atoms with E-state index >= 15 is 0 Å². The Morgan fingerprint density at radius 2 is 1.77 bits per heavy atom. The monoisotopic (exact) mass is 419 g/mol. The van der Waals surface area contributed by atoms with Gasteiger partial charge in [0.2, 0.25) is 5.91 Å². The standard InChI is InChI=1S/C25H29N3O3/c1-17-7-9-19(10-8-17)23-15-22(18-11-13-21(31-3)14-12-18)26-28(23)24(29)16-27(2)25(30)20-5-4-6-20/h7-14,20,23H,4-6,15-16H2,1-3H3. The number of hydrazone groups is 1. The Balaban J connectivity index is 1.57. The summed E-state index contributed by atoms with van der Waals surface area (Å²) in [5, 5.41) is 6.27. The fraction of sp³-hybridized carbons (Fsp3) is 0.400. The number of nitrogens with zero attached hydrogens (tertiary/aromatic N) is 3. The predicted molar refractivity (Wildman–Crippen MR) is 120 cm³/mol. The Kier molecular flexibility index (Phi) is 6.07. The summed E-state index contributed by atoms with van der Waals surface area (Å²) in [7, 11) is 3.35. The molecule has 2 aromatic carbocycles. The first-order chi connectivity index (χ1) is 15.0. The van der Waals surface area contributed by atoms with Gasteiger partial charge >= 0.3 is 0 Å². The fourth-order valence-electron chi connectivity index (χ4n) is 4.07. The van der Waals surface area contributed by atoms with Crippen molar-refractivity contribution in [2.75, 3.05) is 20.7 Å². The van der Waals surface area contributed by atoms with Crippen LogP contribution in [0.4, 0.5) is 0 Å². The van der Waals surface area contributed by atoms with Crippen LogP contribution >= 0.6 is 0 Å². The number of likely N-dealkylation sites (N-methyl/N-ethyl adjacent to an activating group) is 1. The van der Waals surface area contributed by atoms with Crippen molar-refractivity contribution in [3.63, 3.8) is 0 Å². The van der Waals surface area contributed by atoms with Gasteiger partial charge in [0.25, 0.3) is 5.91 Å². The van der Waals surface area contributed by atoms with Crippen LogP contribution in [0, 0.1) is 12.8 Å². The molecular weight excluding hydrogens is 390 g/mol. The summed E-state index contributed by atoms with van der Waals surface area (Å²) in [5.74, 6) is 0.749. The molecule has 0 N–H and O–H groups in total. The molecule has 0 aromatic heterocycles. The highest BCUT2D eigenvalue weighted by molar-refractivity contribution is 6.03. The molecule has 162 valence electrons. The fourth-order valence-corrected chi connectivity index (χ4v) is 4.07. The molecule has 1 aliphatic carbocycles. The molecule has 1 unspecified atom stereocenters. The average molecular weight is 420 g/mol. The molecule has 0 spiro atoms. The summed E-state index contributed by atoms with van der Waals surface area (Å²) in [6.45, 7) is 2.08. The lowest BCUT2D eigenvalue weighted by Gasteiger charge is -2.30. The number of carbonyl (C=O) groups excluding carboxylic acids is 2. The Hall–Kier alpha value is -3.15. The van der Waals surface area contributed by atoms with Crippen molar-refractivity contribution in [1.29, 1.82) is 0 Å². The van der Waals surface area contributed by atoms with Gasteiger partial charge in [-0.1, -0.05) is 36.2 Å². The van der Waals surface area contributed by atoms with E-state index in [4.69, 9.17) is 9.84 Å². The van der Waals surface area contributed by atoms with E-state index < -0.39 is 0 Å². The Labute approximate surface area is 183 Å². The van der Waals surface area contributed by atoms with Crippen LogP contribution in [-0.2, 0) is 9.59 Å². The summed E-state index contributed by atoms with van der Waals surface area (Å²) < 4.78 is 5.25. The van der Waals surface area contributed by atoms with Crippen LogP contribution in [0.1, 0.15) is 48.4 Å². The molecule has 0 radical (unpaired) electrons. The molecule has 0 saturated heterocycles. The number of amides is 2. The number of rotatable bonds is 6. The Bertz CT molecular complexity index is 978. The van der Waals surface area contributed by atoms with E-state index in [1.165, 1.54) is 5.56 Å². The van der Waals surface area contributed by atoms with Crippen molar-refractivity contribution in [3.8, 4) is 5.75 Å². The number of aryl methyl sites for hydroxylation is 1. The summed E-state index contributed by atoms with van der Waals surface area (Å²) in [5.41, 5.74) is 4.03. The second-order valence-corrected chi connectivity index (χ2v) is 8.47. The van der Waals surface area contributed by atoms with Crippen molar-refractivity contribution in [1.82, 2.24) is 9.91 Å². The minimum absolute atomic E-state index is 0.0388. The third-order valence-electron chi connectivity index (χ3n) is 6.25. The van der Waals surface area contributed by atoms with Crippen LogP contribution in [0.2, 0.25) is 0 Å². The molecular formula is C25H29N3O3. The predicted octanol–water partition coefficient (Wildman–Crippen LogP) is 3.94. The van der Waals surface area contributed by atoms with E-state index in [1.54, 1.807) is 24.1 Å². The summed E-state index contributed by atoms with van der Waals surface area (Å²) in [4.78, 5) is 27.3. The second-order valence-electron chi connectivity index (χ2n) is 8.47. The third kappa shape index (κ3) is 4.48. The van der Waals surface area contributed by atoms with Gasteiger partial charge in [-0.3, -0.25) is 9.59 Å². The lowest BCUT2D eigenvalue weighted by Crippen LogP contribution is -2.42. The van der Waals surface area contributed by atoms with Gasteiger partial charge in [-0.15, -0.1) is 0 Å². The van der Waals surface area contributed by atoms with Gasteiger partial charge in [-0.2, -0.15) is 5.10 Å². The van der Waals surface area contributed by atoms with Crippen molar-refractivity contribution < 1.29 is 14.3 Å². The molecule has 2 amide bonds. The summed E-state index contributed by atoms with van der Waals surface area (Å²) in [6, 6.07) is 15.7. The maximum atomic E-state index is 13.2. The highest BCUT2D eigenvalue weighted by Crippen LogP contribution is 2.34. The van der Waals surface area contributed by atoms with E-state index in [-0.39, 0.29) is 30.3 Å². The molecule has 1 atom stereocenters. The van der Waals surface area contributed by atoms with Crippen LogP contribution in [-0.4, -0.2) is 48.1 Å². The van der Waals surface area contributed by atoms with Gasteiger partial charge in [-0.25, -0.2) is 5.01 Å². The quantitative estimate of drug-likeness (QED) is 0.713. The molecule has 4 rings (SSSR count). The van der Waals surface area contributed by atoms with Crippen LogP contribution in [0.15, 0.2) is 53.6 Å². The topological polar surface area (TPSA) is 62.2 Å². The molecule has 1 saturated carbocycles. The lowest BCUT2D eigenvalue weighted by molar-refractivity contribution is -0.144. The van der Waals surface area contributed by atoms with E-state index in [2.05, 4.69) is 24.3 Å². The SMILES string of the molecule is COc1ccc(C2=NN(C(=O)CN(C)C(=O)C3CCC3)C(c3ccc(C)cc3)C2)cc1. The van der Waals surface area contributed by atoms with Crippen LogP contribution < -0.4 is 4.74 Å². The molecule has 1 heterocycles.